The Morgan fingerprint density at radius 3 is 2.62 bits per heavy atom. The number of carbonyl (C=O) groups excluding carboxylic acids is 3. The maximum atomic E-state index is 12.6. The molecule has 1 saturated heterocycles. The van der Waals surface area contributed by atoms with Crippen LogP contribution in [-0.2, 0) is 34.3 Å². The minimum atomic E-state index is -5.28. The summed E-state index contributed by atoms with van der Waals surface area (Å²) >= 11 is 1.02. The maximum Gasteiger partial charge on any atom is 1.00 e. The quantitative estimate of drug-likeness (QED) is 0.0727. The summed E-state index contributed by atoms with van der Waals surface area (Å²) in [5.41, 5.74) is 5.24. The summed E-state index contributed by atoms with van der Waals surface area (Å²) in [7, 11) is -4.34. The van der Waals surface area contributed by atoms with Crippen LogP contribution in [0.1, 0.15) is 19.0 Å². The van der Waals surface area contributed by atoms with Gasteiger partial charge in [0.1, 0.15) is 18.3 Å². The fourth-order valence-electron chi connectivity index (χ4n) is 2.22. The van der Waals surface area contributed by atoms with Crippen molar-refractivity contribution >= 4 is 50.3 Å². The van der Waals surface area contributed by atoms with Gasteiger partial charge >= 0.3 is 35.5 Å². The van der Waals surface area contributed by atoms with Crippen LogP contribution in [0.5, 0.6) is 0 Å². The standard InChI is InChI=1S/C13H17N5O8S2.Na/c1-3-4-26-17-7(6-5-27-13(14)15-6)10(19)16-8-9(12(21)25-2)18(11(8)20)28(22,23)24;/h5,8-9H,3-4H2,1-2H3,(H2,14,15)(H,16,19)(H,22,23,24);/q;+1/p-1/t8-,9-;/m1./s1. The van der Waals surface area contributed by atoms with Gasteiger partial charge in [-0.1, -0.05) is 12.1 Å². The van der Waals surface area contributed by atoms with E-state index in [1.54, 1.807) is 0 Å². The van der Waals surface area contributed by atoms with Gasteiger partial charge in [-0.25, -0.2) is 22.5 Å². The van der Waals surface area contributed by atoms with Crippen molar-refractivity contribution in [3.63, 3.8) is 0 Å². The second-order valence-corrected chi connectivity index (χ2v) is 7.49. The second-order valence-electron chi connectivity index (χ2n) is 5.35. The fourth-order valence-corrected chi connectivity index (χ4v) is 3.58. The summed E-state index contributed by atoms with van der Waals surface area (Å²) in [5.74, 6) is -3.47. The molecule has 29 heavy (non-hydrogen) atoms. The Hall–Kier alpha value is -1.78. The SMILES string of the molecule is CCCON=C(C(=O)N[C@H]1C(=O)N(S(=O)(=O)[O-])[C@H]1C(=O)OC)c1csc(N)n1.[Na+]. The van der Waals surface area contributed by atoms with E-state index in [-0.39, 0.29) is 57.0 Å². The molecule has 13 nitrogen and oxygen atoms in total. The van der Waals surface area contributed by atoms with E-state index >= 15 is 0 Å². The molecule has 0 aliphatic carbocycles. The number of nitrogen functional groups attached to an aromatic ring is 1. The Morgan fingerprint density at radius 2 is 2.14 bits per heavy atom. The third-order valence-electron chi connectivity index (χ3n) is 3.45. The van der Waals surface area contributed by atoms with Gasteiger partial charge in [-0.15, -0.1) is 11.3 Å². The fraction of sp³-hybridized carbons (Fsp3) is 0.462. The number of nitrogens with one attached hydrogen (secondary N) is 1. The molecule has 0 aromatic carbocycles. The van der Waals surface area contributed by atoms with E-state index in [1.807, 2.05) is 6.92 Å². The van der Waals surface area contributed by atoms with Gasteiger partial charge in [-0.05, 0) is 6.42 Å². The third kappa shape index (κ3) is 5.64. The van der Waals surface area contributed by atoms with Crippen LogP contribution >= 0.6 is 11.3 Å². The van der Waals surface area contributed by atoms with E-state index in [2.05, 4.69) is 20.2 Å². The maximum absolute atomic E-state index is 12.6. The third-order valence-corrected chi connectivity index (χ3v) is 5.02. The van der Waals surface area contributed by atoms with Gasteiger partial charge in [0.15, 0.2) is 27.2 Å². The molecule has 16 heteroatoms. The van der Waals surface area contributed by atoms with Crippen LogP contribution in [0.4, 0.5) is 5.13 Å². The van der Waals surface area contributed by atoms with Crippen LogP contribution in [0.3, 0.4) is 0 Å². The number of oxime groups is 1. The number of aromatic nitrogens is 1. The van der Waals surface area contributed by atoms with Gasteiger partial charge in [0.2, 0.25) is 0 Å². The number of esters is 1. The number of ether oxygens (including phenoxy) is 1. The number of methoxy groups -OCH3 is 1. The van der Waals surface area contributed by atoms with Crippen molar-refractivity contribution in [3.8, 4) is 0 Å². The molecule has 1 aliphatic heterocycles. The number of hydrogen-bond acceptors (Lipinski definition) is 12. The number of amides is 2. The summed E-state index contributed by atoms with van der Waals surface area (Å²) in [4.78, 5) is 45.2. The molecule has 0 radical (unpaired) electrons. The molecule has 154 valence electrons. The van der Waals surface area contributed by atoms with Crippen molar-refractivity contribution in [1.29, 1.82) is 0 Å². The Morgan fingerprint density at radius 1 is 1.48 bits per heavy atom. The van der Waals surface area contributed by atoms with E-state index in [0.29, 0.717) is 6.42 Å². The van der Waals surface area contributed by atoms with Gasteiger partial charge in [-0.2, -0.15) is 0 Å². The summed E-state index contributed by atoms with van der Waals surface area (Å²) in [6, 6.07) is -3.47. The van der Waals surface area contributed by atoms with E-state index < -0.39 is 40.2 Å². The van der Waals surface area contributed by atoms with Gasteiger partial charge in [0, 0.05) is 5.38 Å². The zero-order valence-corrected chi connectivity index (χ0v) is 19.3. The van der Waals surface area contributed by atoms with Crippen LogP contribution in [-0.4, -0.2) is 71.6 Å². The zero-order valence-electron chi connectivity index (χ0n) is 15.6. The van der Waals surface area contributed by atoms with Crippen LogP contribution < -0.4 is 40.6 Å². The Labute approximate surface area is 191 Å². The van der Waals surface area contributed by atoms with Gasteiger partial charge < -0.3 is 25.2 Å². The zero-order chi connectivity index (χ0) is 21.1. The predicted octanol–water partition coefficient (Wildman–Crippen LogP) is -4.81. The van der Waals surface area contributed by atoms with Crippen molar-refractivity contribution in [3.05, 3.63) is 11.1 Å². The molecule has 1 fully saturated rings. The van der Waals surface area contributed by atoms with Crippen molar-refractivity contribution in [1.82, 2.24) is 14.6 Å². The van der Waals surface area contributed by atoms with Gasteiger partial charge in [0.25, 0.3) is 11.8 Å². The van der Waals surface area contributed by atoms with Gasteiger partial charge in [0.05, 0.1) is 7.11 Å². The average molecular weight is 457 g/mol. The number of nitrogens with zero attached hydrogens (tertiary/aromatic N) is 3. The summed E-state index contributed by atoms with van der Waals surface area (Å²) < 4.78 is 37.7. The topological polar surface area (TPSA) is 193 Å². The molecular formula is C13H16N5NaO8S2. The van der Waals surface area contributed by atoms with E-state index in [1.165, 1.54) is 5.38 Å². The van der Waals surface area contributed by atoms with E-state index in [4.69, 9.17) is 10.6 Å². The minimum absolute atomic E-state index is 0. The predicted molar refractivity (Wildman–Crippen MR) is 93.6 cm³/mol. The smallest absolute Gasteiger partial charge is 0.731 e. The molecule has 1 aliphatic rings. The number of nitrogens with two attached hydrogens (primary N) is 1. The number of hydrogen-bond donors (Lipinski definition) is 2. The first-order valence-corrected chi connectivity index (χ1v) is 9.95. The molecule has 0 saturated carbocycles. The van der Waals surface area contributed by atoms with Crippen molar-refractivity contribution in [2.24, 2.45) is 5.16 Å². The molecule has 2 heterocycles. The summed E-state index contributed by atoms with van der Waals surface area (Å²) in [6.07, 6.45) is 0.597. The van der Waals surface area contributed by atoms with Crippen LogP contribution in [0, 0.1) is 0 Å². The number of anilines is 1. The molecule has 1 aromatic rings. The molecule has 0 unspecified atom stereocenters. The monoisotopic (exact) mass is 457 g/mol. The van der Waals surface area contributed by atoms with Gasteiger partial charge in [-0.3, -0.25) is 9.59 Å². The first kappa shape index (κ1) is 25.3. The van der Waals surface area contributed by atoms with Crippen LogP contribution in [0.2, 0.25) is 0 Å². The van der Waals surface area contributed by atoms with E-state index in [0.717, 1.165) is 18.4 Å². The number of rotatable bonds is 8. The van der Waals surface area contributed by atoms with E-state index in [9.17, 15) is 27.4 Å². The average Bonchev–Trinajstić information content (AvgIpc) is 3.04. The molecule has 0 bridgehead atoms. The Bertz CT molecular complexity index is 918. The molecular weight excluding hydrogens is 441 g/mol. The second kappa shape index (κ2) is 10.3. The van der Waals surface area contributed by atoms with Crippen LogP contribution in [0.15, 0.2) is 10.5 Å². The number of thiazole rings is 1. The Kier molecular flexibility index (Phi) is 8.98. The first-order valence-electron chi connectivity index (χ1n) is 7.70. The molecule has 1 aromatic heterocycles. The molecule has 0 spiro atoms. The summed E-state index contributed by atoms with van der Waals surface area (Å²) in [5, 5.41) is 7.37. The van der Waals surface area contributed by atoms with Crippen molar-refractivity contribution in [2.75, 3.05) is 19.5 Å². The molecule has 2 amide bonds. The number of carbonyl (C=O) groups is 3. The van der Waals surface area contributed by atoms with Crippen molar-refractivity contribution in [2.45, 2.75) is 25.4 Å². The normalized spacial score (nSPS) is 19.1. The Balaban J connectivity index is 0.00000420. The molecule has 3 N–H and O–H groups in total. The summed E-state index contributed by atoms with van der Waals surface area (Å²) in [6.45, 7) is 1.99. The number of β-lactam (4-membered cyclic amide) rings is 1. The first-order chi connectivity index (χ1) is 13.1. The molecule has 2 rings (SSSR count). The minimum Gasteiger partial charge on any atom is -0.731 e. The van der Waals surface area contributed by atoms with Crippen LogP contribution in [0.25, 0.3) is 0 Å². The molecule has 2 atom stereocenters. The van der Waals surface area contributed by atoms with Crippen molar-refractivity contribution < 1.29 is 66.5 Å². The largest absolute Gasteiger partial charge is 1.00 e.